The minimum atomic E-state index is -0.329. The van der Waals surface area contributed by atoms with Crippen molar-refractivity contribution in [3.8, 4) is 11.1 Å². The van der Waals surface area contributed by atoms with Gasteiger partial charge in [0.05, 0.1) is 0 Å². The van der Waals surface area contributed by atoms with Gasteiger partial charge in [-0.3, -0.25) is 0 Å². The van der Waals surface area contributed by atoms with Crippen molar-refractivity contribution in [1.82, 2.24) is 0 Å². The van der Waals surface area contributed by atoms with Crippen LogP contribution in [0.5, 0.6) is 0 Å². The molecule has 0 atom stereocenters. The van der Waals surface area contributed by atoms with E-state index < -0.39 is 0 Å². The fourth-order valence-corrected chi connectivity index (χ4v) is 3.35. The summed E-state index contributed by atoms with van der Waals surface area (Å²) < 4.78 is 28.8. The molecule has 0 heterocycles. The third-order valence-corrected chi connectivity index (χ3v) is 5.02. The van der Waals surface area contributed by atoms with E-state index in [1.54, 1.807) is 0 Å². The Morgan fingerprint density at radius 1 is 0.654 bits per heavy atom. The molecular weight excluding hydrogens is 326 g/mol. The quantitative estimate of drug-likeness (QED) is 0.358. The summed E-state index contributed by atoms with van der Waals surface area (Å²) in [4.78, 5) is 0. The molecule has 0 fully saturated rings. The van der Waals surface area contributed by atoms with Crippen LogP contribution in [-0.4, -0.2) is 0 Å². The summed E-state index contributed by atoms with van der Waals surface area (Å²) in [5.41, 5.74) is 2.86. The number of rotatable bonds is 11. The monoisotopic (exact) mass is 358 g/mol. The van der Waals surface area contributed by atoms with Crippen molar-refractivity contribution in [3.63, 3.8) is 0 Å². The lowest BCUT2D eigenvalue weighted by atomic mass is 9.98. The lowest BCUT2D eigenvalue weighted by Gasteiger charge is -2.09. The molecule has 0 radical (unpaired) electrons. The van der Waals surface area contributed by atoms with Crippen LogP contribution in [0.25, 0.3) is 11.1 Å². The first-order chi connectivity index (χ1) is 12.7. The maximum Gasteiger partial charge on any atom is 0.131 e. The highest BCUT2D eigenvalue weighted by molar-refractivity contribution is 5.65. The van der Waals surface area contributed by atoms with Crippen LogP contribution in [0, 0.1) is 11.6 Å². The van der Waals surface area contributed by atoms with E-state index in [2.05, 4.69) is 13.8 Å². The number of benzene rings is 2. The average molecular weight is 359 g/mol. The van der Waals surface area contributed by atoms with Crippen LogP contribution in [0.1, 0.15) is 76.3 Å². The van der Waals surface area contributed by atoms with Crippen molar-refractivity contribution in [2.45, 2.75) is 78.1 Å². The molecule has 0 nitrogen and oxygen atoms in total. The molecule has 26 heavy (non-hydrogen) atoms. The maximum absolute atomic E-state index is 14.5. The molecule has 0 saturated carbocycles. The Hall–Kier alpha value is -1.70. The van der Waals surface area contributed by atoms with Gasteiger partial charge in [-0.1, -0.05) is 76.6 Å². The molecule has 2 aromatic rings. The molecule has 0 aromatic heterocycles. The molecule has 0 saturated heterocycles. The van der Waals surface area contributed by atoms with E-state index >= 15 is 0 Å². The highest BCUT2D eigenvalue weighted by atomic mass is 19.1. The Morgan fingerprint density at radius 2 is 1.27 bits per heavy atom. The number of halogens is 2. The van der Waals surface area contributed by atoms with Crippen molar-refractivity contribution in [2.24, 2.45) is 0 Å². The molecule has 0 bridgehead atoms. The Balaban J connectivity index is 2.00. The minimum absolute atomic E-state index is 0.294. The largest absolute Gasteiger partial charge is 0.207 e. The predicted octanol–water partition coefficient (Wildman–Crippen LogP) is 7.88. The number of unbranched alkanes of at least 4 members (excludes halogenated alkanes) is 6. The Labute approximate surface area is 157 Å². The summed E-state index contributed by atoms with van der Waals surface area (Å²) in [5, 5.41) is 0. The van der Waals surface area contributed by atoms with Crippen LogP contribution in [-0.2, 0) is 12.8 Å². The van der Waals surface area contributed by atoms with Gasteiger partial charge in [-0.15, -0.1) is 0 Å². The van der Waals surface area contributed by atoms with Gasteiger partial charge in [0.25, 0.3) is 0 Å². The molecule has 2 rings (SSSR count). The molecule has 142 valence electrons. The van der Waals surface area contributed by atoms with Gasteiger partial charge in [0.15, 0.2) is 0 Å². The van der Waals surface area contributed by atoms with Gasteiger partial charge < -0.3 is 0 Å². The van der Waals surface area contributed by atoms with Gasteiger partial charge in [0, 0.05) is 5.56 Å². The summed E-state index contributed by atoms with van der Waals surface area (Å²) in [6.45, 7) is 4.33. The molecular formula is C24H32F2. The van der Waals surface area contributed by atoms with E-state index in [4.69, 9.17) is 0 Å². The number of hydrogen-bond acceptors (Lipinski definition) is 0. The number of aryl methyl sites for hydroxylation is 2. The zero-order valence-corrected chi connectivity index (χ0v) is 16.3. The van der Waals surface area contributed by atoms with Crippen molar-refractivity contribution in [1.29, 1.82) is 0 Å². The highest BCUT2D eigenvalue weighted by Gasteiger charge is 2.11. The van der Waals surface area contributed by atoms with Gasteiger partial charge >= 0.3 is 0 Å². The van der Waals surface area contributed by atoms with E-state index in [1.165, 1.54) is 49.8 Å². The lowest BCUT2D eigenvalue weighted by Crippen LogP contribution is -1.96. The summed E-state index contributed by atoms with van der Waals surface area (Å²) >= 11 is 0. The van der Waals surface area contributed by atoms with E-state index in [0.717, 1.165) is 31.2 Å². The molecule has 2 heteroatoms. The first-order valence-corrected chi connectivity index (χ1v) is 10.2. The Bertz CT molecular complexity index is 659. The molecule has 0 aliphatic heterocycles. The predicted molar refractivity (Wildman–Crippen MR) is 107 cm³/mol. The molecule has 0 amide bonds. The summed E-state index contributed by atoms with van der Waals surface area (Å²) in [6, 6.07) is 10.6. The fraction of sp³-hybridized carbons (Fsp3) is 0.500. The van der Waals surface area contributed by atoms with Crippen molar-refractivity contribution in [2.75, 3.05) is 0 Å². The first kappa shape index (κ1) is 20.6. The summed E-state index contributed by atoms with van der Waals surface area (Å²) in [7, 11) is 0. The summed E-state index contributed by atoms with van der Waals surface area (Å²) in [5.74, 6) is -0.622. The van der Waals surface area contributed by atoms with Gasteiger partial charge in [-0.2, -0.15) is 0 Å². The molecule has 0 spiro atoms. The smallest absolute Gasteiger partial charge is 0.131 e. The molecule has 0 unspecified atom stereocenters. The van der Waals surface area contributed by atoms with Crippen LogP contribution < -0.4 is 0 Å². The van der Waals surface area contributed by atoms with Crippen LogP contribution >= 0.6 is 0 Å². The minimum Gasteiger partial charge on any atom is -0.207 e. The van der Waals surface area contributed by atoms with E-state index in [-0.39, 0.29) is 11.6 Å². The van der Waals surface area contributed by atoms with Crippen molar-refractivity contribution >= 4 is 0 Å². The standard InChI is InChI=1S/C24H32F2/c1-3-5-7-8-10-11-19-13-15-20(16-14-19)22-18-23(25)21(17-24(22)26)12-9-6-4-2/h13-18H,3-12H2,1-2H3. The topological polar surface area (TPSA) is 0 Å². The second-order valence-electron chi connectivity index (χ2n) is 7.24. The van der Waals surface area contributed by atoms with Crippen LogP contribution in [0.3, 0.4) is 0 Å². The zero-order chi connectivity index (χ0) is 18.8. The van der Waals surface area contributed by atoms with Crippen molar-refractivity contribution < 1.29 is 8.78 Å². The normalized spacial score (nSPS) is 11.1. The third-order valence-electron chi connectivity index (χ3n) is 5.02. The number of hydrogen-bond donors (Lipinski definition) is 0. The molecule has 0 N–H and O–H groups in total. The average Bonchev–Trinajstić information content (AvgIpc) is 2.65. The van der Waals surface area contributed by atoms with E-state index in [0.29, 0.717) is 17.5 Å². The maximum atomic E-state index is 14.5. The lowest BCUT2D eigenvalue weighted by molar-refractivity contribution is 0.579. The molecule has 2 aromatic carbocycles. The zero-order valence-electron chi connectivity index (χ0n) is 16.3. The van der Waals surface area contributed by atoms with Gasteiger partial charge in [0.1, 0.15) is 11.6 Å². The van der Waals surface area contributed by atoms with Crippen LogP contribution in [0.2, 0.25) is 0 Å². The first-order valence-electron chi connectivity index (χ1n) is 10.2. The van der Waals surface area contributed by atoms with E-state index in [1.807, 2.05) is 24.3 Å². The molecule has 0 aliphatic rings. The Morgan fingerprint density at radius 3 is 1.96 bits per heavy atom. The second kappa shape index (κ2) is 11.1. The SMILES string of the molecule is CCCCCCCc1ccc(-c2cc(F)c(CCCCC)cc2F)cc1. The van der Waals surface area contributed by atoms with Crippen molar-refractivity contribution in [3.05, 3.63) is 59.2 Å². The van der Waals surface area contributed by atoms with Gasteiger partial charge in [-0.05, 0) is 54.5 Å². The van der Waals surface area contributed by atoms with Crippen LogP contribution in [0.15, 0.2) is 36.4 Å². The second-order valence-corrected chi connectivity index (χ2v) is 7.24. The third kappa shape index (κ3) is 6.23. The van der Waals surface area contributed by atoms with Crippen LogP contribution in [0.4, 0.5) is 8.78 Å². The van der Waals surface area contributed by atoms with Gasteiger partial charge in [-0.25, -0.2) is 8.78 Å². The van der Waals surface area contributed by atoms with E-state index in [9.17, 15) is 8.78 Å². The molecule has 0 aliphatic carbocycles. The summed E-state index contributed by atoms with van der Waals surface area (Å²) in [6.07, 6.45) is 11.0. The van der Waals surface area contributed by atoms with Gasteiger partial charge in [0.2, 0.25) is 0 Å². The highest BCUT2D eigenvalue weighted by Crippen LogP contribution is 2.27. The Kier molecular flexibility index (Phi) is 8.80. The fourth-order valence-electron chi connectivity index (χ4n) is 3.35.